The van der Waals surface area contributed by atoms with Crippen molar-refractivity contribution < 1.29 is 26.8 Å². The highest BCUT2D eigenvalue weighted by Crippen LogP contribution is 2.25. The van der Waals surface area contributed by atoms with E-state index in [-0.39, 0.29) is 22.7 Å². The first kappa shape index (κ1) is 29.8. The summed E-state index contributed by atoms with van der Waals surface area (Å²) in [5, 5.41) is 2.78. The van der Waals surface area contributed by atoms with E-state index in [0.717, 1.165) is 47.0 Å². The lowest BCUT2D eigenvalue weighted by Crippen LogP contribution is -2.51. The van der Waals surface area contributed by atoms with E-state index in [9.17, 15) is 26.8 Å². The fourth-order valence-electron chi connectivity index (χ4n) is 3.90. The summed E-state index contributed by atoms with van der Waals surface area (Å²) in [6.07, 6.45) is 1.61. The molecule has 0 aliphatic rings. The van der Waals surface area contributed by atoms with Crippen LogP contribution in [0.4, 0.5) is 14.5 Å². The van der Waals surface area contributed by atoms with Crippen LogP contribution in [-0.4, -0.2) is 44.3 Å². The molecule has 1 atom stereocenters. The molecule has 0 aliphatic heterocycles. The number of sulfonamides is 1. The summed E-state index contributed by atoms with van der Waals surface area (Å²) in [4.78, 5) is 27.7. The monoisotopic (exact) mass is 557 g/mol. The number of nitrogens with one attached hydrogen (secondary N) is 1. The first-order chi connectivity index (χ1) is 18.5. The minimum absolute atomic E-state index is 0.183. The number of carbonyl (C=O) groups is 2. The molecule has 0 saturated heterocycles. The van der Waals surface area contributed by atoms with Crippen molar-refractivity contribution in [3.8, 4) is 0 Å². The lowest BCUT2D eigenvalue weighted by atomic mass is 10.1. The molecule has 0 spiro atoms. The van der Waals surface area contributed by atoms with E-state index in [1.807, 2.05) is 13.8 Å². The number of nitrogens with zero attached hydrogens (tertiary/aromatic N) is 2. The minimum Gasteiger partial charge on any atom is -0.354 e. The number of hydrogen-bond donors (Lipinski definition) is 1. The van der Waals surface area contributed by atoms with Crippen molar-refractivity contribution in [2.75, 3.05) is 17.4 Å². The van der Waals surface area contributed by atoms with E-state index in [0.29, 0.717) is 6.54 Å². The average molecular weight is 558 g/mol. The molecular formula is C29H33F2N3O4S. The van der Waals surface area contributed by atoms with Gasteiger partial charge in [-0.3, -0.25) is 13.9 Å². The Bertz CT molecular complexity index is 1380. The summed E-state index contributed by atoms with van der Waals surface area (Å²) >= 11 is 0. The summed E-state index contributed by atoms with van der Waals surface area (Å²) < 4.78 is 56.4. The van der Waals surface area contributed by atoms with Crippen LogP contribution in [0.15, 0.2) is 77.7 Å². The third kappa shape index (κ3) is 7.63. The van der Waals surface area contributed by atoms with Crippen LogP contribution in [0.3, 0.4) is 0 Å². The third-order valence-electron chi connectivity index (χ3n) is 6.30. The standard InChI is InChI=1S/C29H33F2N3O4S/c1-4-5-18-32-29(36)22(3)33(19-23-8-6-7-9-27(23)31)28(35)20-34(25-14-10-21(2)11-15-25)39(37,38)26-16-12-24(30)13-17-26/h6-17,22H,4-5,18-20H2,1-3H3,(H,32,36). The number of benzene rings is 3. The van der Waals surface area contributed by atoms with Gasteiger partial charge in [0.05, 0.1) is 10.6 Å². The van der Waals surface area contributed by atoms with Gasteiger partial charge in [0.15, 0.2) is 0 Å². The van der Waals surface area contributed by atoms with E-state index >= 15 is 0 Å². The van der Waals surface area contributed by atoms with E-state index in [1.54, 1.807) is 30.3 Å². The highest BCUT2D eigenvalue weighted by atomic mass is 32.2. The molecule has 3 aromatic carbocycles. The van der Waals surface area contributed by atoms with Crippen LogP contribution in [-0.2, 0) is 26.2 Å². The molecule has 0 radical (unpaired) electrons. The number of aryl methyl sites for hydroxylation is 1. The number of unbranched alkanes of at least 4 members (excludes halogenated alkanes) is 1. The van der Waals surface area contributed by atoms with Crippen molar-refractivity contribution in [3.05, 3.63) is 95.6 Å². The maximum atomic E-state index is 14.6. The van der Waals surface area contributed by atoms with Crippen molar-refractivity contribution in [2.45, 2.75) is 51.1 Å². The van der Waals surface area contributed by atoms with Gasteiger partial charge < -0.3 is 10.2 Å². The second kappa shape index (κ2) is 13.3. The van der Waals surface area contributed by atoms with Crippen molar-refractivity contribution >= 4 is 27.5 Å². The number of halogens is 2. The Morgan fingerprint density at radius 3 is 2.21 bits per heavy atom. The SMILES string of the molecule is CCCCNC(=O)C(C)N(Cc1ccccc1F)C(=O)CN(c1ccc(C)cc1)S(=O)(=O)c1ccc(F)cc1. The van der Waals surface area contributed by atoms with Gasteiger partial charge in [-0.25, -0.2) is 17.2 Å². The Hall–Kier alpha value is -3.79. The molecule has 0 aliphatic carbocycles. The summed E-state index contributed by atoms with van der Waals surface area (Å²) in [6, 6.07) is 15.7. The molecule has 3 rings (SSSR count). The van der Waals surface area contributed by atoms with Gasteiger partial charge in [-0.2, -0.15) is 0 Å². The van der Waals surface area contributed by atoms with Gasteiger partial charge in [-0.15, -0.1) is 0 Å². The van der Waals surface area contributed by atoms with Gasteiger partial charge in [0.2, 0.25) is 11.8 Å². The normalized spacial score (nSPS) is 12.0. The number of carbonyl (C=O) groups excluding carboxylic acids is 2. The zero-order valence-electron chi connectivity index (χ0n) is 22.2. The van der Waals surface area contributed by atoms with Crippen LogP contribution in [0.25, 0.3) is 0 Å². The van der Waals surface area contributed by atoms with Crippen molar-refractivity contribution in [1.82, 2.24) is 10.2 Å². The van der Waals surface area contributed by atoms with Crippen molar-refractivity contribution in [2.24, 2.45) is 0 Å². The Morgan fingerprint density at radius 2 is 1.59 bits per heavy atom. The molecule has 0 fully saturated rings. The molecule has 39 heavy (non-hydrogen) atoms. The molecule has 0 heterocycles. The van der Waals surface area contributed by atoms with Gasteiger partial charge in [0, 0.05) is 18.7 Å². The fraction of sp³-hybridized carbons (Fsp3) is 0.310. The molecule has 0 aromatic heterocycles. The van der Waals surface area contributed by atoms with Gasteiger partial charge in [0.1, 0.15) is 24.2 Å². The fourth-order valence-corrected chi connectivity index (χ4v) is 5.32. The highest BCUT2D eigenvalue weighted by molar-refractivity contribution is 7.92. The van der Waals surface area contributed by atoms with Crippen LogP contribution in [0, 0.1) is 18.6 Å². The molecule has 208 valence electrons. The van der Waals surface area contributed by atoms with E-state index in [4.69, 9.17) is 0 Å². The zero-order chi connectivity index (χ0) is 28.6. The zero-order valence-corrected chi connectivity index (χ0v) is 23.0. The number of anilines is 1. The molecule has 0 saturated carbocycles. The number of rotatable bonds is 12. The molecule has 1 N–H and O–H groups in total. The second-order valence-electron chi connectivity index (χ2n) is 9.23. The molecule has 10 heteroatoms. The molecular weight excluding hydrogens is 524 g/mol. The van der Waals surface area contributed by atoms with Crippen molar-refractivity contribution in [3.63, 3.8) is 0 Å². The lowest BCUT2D eigenvalue weighted by molar-refractivity contribution is -0.139. The third-order valence-corrected chi connectivity index (χ3v) is 8.09. The van der Waals surface area contributed by atoms with Crippen molar-refractivity contribution in [1.29, 1.82) is 0 Å². The summed E-state index contributed by atoms with van der Waals surface area (Å²) in [7, 11) is -4.31. The van der Waals surface area contributed by atoms with Crippen LogP contribution in [0.2, 0.25) is 0 Å². The lowest BCUT2D eigenvalue weighted by Gasteiger charge is -2.32. The largest absolute Gasteiger partial charge is 0.354 e. The smallest absolute Gasteiger partial charge is 0.264 e. The topological polar surface area (TPSA) is 86.8 Å². The Balaban J connectivity index is 2.00. The number of amides is 2. The quantitative estimate of drug-likeness (QED) is 0.324. The first-order valence-electron chi connectivity index (χ1n) is 12.7. The van der Waals surface area contributed by atoms with Gasteiger partial charge in [-0.05, 0) is 62.7 Å². The average Bonchev–Trinajstić information content (AvgIpc) is 2.91. The molecule has 7 nitrogen and oxygen atoms in total. The van der Waals surface area contributed by atoms with Crippen LogP contribution < -0.4 is 9.62 Å². The maximum Gasteiger partial charge on any atom is 0.264 e. The van der Waals surface area contributed by atoms with E-state index in [2.05, 4.69) is 5.32 Å². The van der Waals surface area contributed by atoms with Gasteiger partial charge in [0.25, 0.3) is 10.0 Å². The van der Waals surface area contributed by atoms with E-state index in [1.165, 1.54) is 30.0 Å². The molecule has 1 unspecified atom stereocenters. The van der Waals surface area contributed by atoms with Gasteiger partial charge in [-0.1, -0.05) is 49.2 Å². The minimum atomic E-state index is -4.31. The van der Waals surface area contributed by atoms with Gasteiger partial charge >= 0.3 is 0 Å². The Labute approximate surface area is 228 Å². The molecule has 0 bridgehead atoms. The molecule has 3 aromatic rings. The Kier molecular flexibility index (Phi) is 10.2. The maximum absolute atomic E-state index is 14.6. The summed E-state index contributed by atoms with van der Waals surface area (Å²) in [5.41, 5.74) is 1.27. The van der Waals surface area contributed by atoms with E-state index < -0.39 is 46.1 Å². The predicted octanol–water partition coefficient (Wildman–Crippen LogP) is 4.80. The number of hydrogen-bond acceptors (Lipinski definition) is 4. The van der Waals surface area contributed by atoms with Crippen LogP contribution in [0.5, 0.6) is 0 Å². The highest BCUT2D eigenvalue weighted by Gasteiger charge is 2.32. The summed E-state index contributed by atoms with van der Waals surface area (Å²) in [6.45, 7) is 4.84. The summed E-state index contributed by atoms with van der Waals surface area (Å²) in [5.74, 6) is -2.30. The van der Waals surface area contributed by atoms with Crippen LogP contribution >= 0.6 is 0 Å². The Morgan fingerprint density at radius 1 is 0.949 bits per heavy atom. The predicted molar refractivity (Wildman–Crippen MR) is 146 cm³/mol. The first-order valence-corrected chi connectivity index (χ1v) is 14.1. The van der Waals surface area contributed by atoms with Crippen LogP contribution in [0.1, 0.15) is 37.8 Å². The second-order valence-corrected chi connectivity index (χ2v) is 11.1. The molecule has 2 amide bonds.